The number of rotatable bonds is 2. The number of aromatic amines is 1. The number of fused-ring (bicyclic) bond motifs is 5. The predicted octanol–water partition coefficient (Wildman–Crippen LogP) is 4.66. The molecule has 2 aliphatic heterocycles. The Morgan fingerprint density at radius 2 is 2.12 bits per heavy atom. The van der Waals surface area contributed by atoms with E-state index in [4.69, 9.17) is 16.1 Å². The number of amides is 2. The summed E-state index contributed by atoms with van der Waals surface area (Å²) in [4.78, 5) is 26.4. The van der Waals surface area contributed by atoms with Gasteiger partial charge in [-0.05, 0) is 54.7 Å². The third kappa shape index (κ3) is 3.27. The van der Waals surface area contributed by atoms with Crippen LogP contribution in [0, 0.1) is 5.82 Å². The van der Waals surface area contributed by atoms with Gasteiger partial charge in [0.1, 0.15) is 5.82 Å². The van der Waals surface area contributed by atoms with Crippen LogP contribution in [0.3, 0.4) is 0 Å². The molecule has 1 fully saturated rings. The highest BCUT2D eigenvalue weighted by atomic mass is 35.5. The molecule has 0 saturated carbocycles. The molecule has 4 heterocycles. The lowest BCUT2D eigenvalue weighted by Crippen LogP contribution is -2.45. The van der Waals surface area contributed by atoms with Gasteiger partial charge < -0.3 is 14.7 Å². The van der Waals surface area contributed by atoms with E-state index in [0.29, 0.717) is 28.8 Å². The molecule has 0 spiro atoms. The molecule has 0 aliphatic carbocycles. The highest BCUT2D eigenvalue weighted by Gasteiger charge is 2.44. The van der Waals surface area contributed by atoms with Gasteiger partial charge in [-0.1, -0.05) is 22.8 Å². The largest absolute Gasteiger partial charge is 0.356 e. The highest BCUT2D eigenvalue weighted by Crippen LogP contribution is 2.43. The zero-order valence-corrected chi connectivity index (χ0v) is 17.9. The van der Waals surface area contributed by atoms with Crippen molar-refractivity contribution in [2.75, 3.05) is 5.32 Å². The van der Waals surface area contributed by atoms with E-state index in [1.165, 1.54) is 18.2 Å². The molecule has 2 aromatic carbocycles. The number of aromatic nitrogens is 3. The maximum atomic E-state index is 15.0. The molecule has 2 aromatic heterocycles. The molecule has 2 N–H and O–H groups in total. The molecule has 0 unspecified atom stereocenters. The molecule has 6 rings (SSSR count). The molecule has 4 aromatic rings. The third-order valence-electron chi connectivity index (χ3n) is 6.39. The summed E-state index contributed by atoms with van der Waals surface area (Å²) >= 11 is 6.46. The van der Waals surface area contributed by atoms with Gasteiger partial charge in [0.15, 0.2) is 5.58 Å². The van der Waals surface area contributed by atoms with Crippen LogP contribution in [0.4, 0.5) is 14.9 Å². The Labute approximate surface area is 191 Å². The number of hydrogen-bond acceptors (Lipinski definition) is 5. The summed E-state index contributed by atoms with van der Waals surface area (Å²) in [5.74, 6) is -0.604. The van der Waals surface area contributed by atoms with Crippen molar-refractivity contribution in [3.8, 4) is 11.1 Å². The van der Waals surface area contributed by atoms with Crippen molar-refractivity contribution in [3.05, 3.63) is 75.0 Å². The summed E-state index contributed by atoms with van der Waals surface area (Å²) in [5, 5.41) is 14.1. The van der Waals surface area contributed by atoms with Gasteiger partial charge in [-0.25, -0.2) is 14.3 Å². The molecule has 2 amide bonds. The van der Waals surface area contributed by atoms with Gasteiger partial charge in [-0.15, -0.1) is 0 Å². The molecule has 2 aliphatic rings. The lowest BCUT2D eigenvalue weighted by Gasteiger charge is -2.35. The molecule has 8 nitrogen and oxygen atoms in total. The van der Waals surface area contributed by atoms with Crippen LogP contribution in [-0.4, -0.2) is 32.3 Å². The van der Waals surface area contributed by atoms with Crippen molar-refractivity contribution >= 4 is 34.3 Å². The maximum Gasteiger partial charge on any atom is 0.322 e. The zero-order valence-electron chi connectivity index (χ0n) is 17.1. The Morgan fingerprint density at radius 3 is 3.00 bits per heavy atom. The fourth-order valence-electron chi connectivity index (χ4n) is 4.89. The van der Waals surface area contributed by atoms with Crippen LogP contribution < -0.4 is 10.9 Å². The summed E-state index contributed by atoms with van der Waals surface area (Å²) < 4.78 is 20.2. The molecule has 2 bridgehead atoms. The Balaban J connectivity index is 1.28. The monoisotopic (exact) mass is 465 g/mol. The second kappa shape index (κ2) is 7.41. The highest BCUT2D eigenvalue weighted by molar-refractivity contribution is 6.33. The average molecular weight is 466 g/mol. The van der Waals surface area contributed by atoms with Gasteiger partial charge in [0.05, 0.1) is 28.6 Å². The Bertz CT molecular complexity index is 1480. The summed E-state index contributed by atoms with van der Waals surface area (Å²) in [6, 6.07) is 8.84. The fourth-order valence-corrected chi connectivity index (χ4v) is 5.16. The van der Waals surface area contributed by atoms with E-state index in [9.17, 15) is 9.59 Å². The minimum absolute atomic E-state index is 0.00545. The van der Waals surface area contributed by atoms with E-state index in [1.54, 1.807) is 23.2 Å². The van der Waals surface area contributed by atoms with E-state index in [0.717, 1.165) is 23.8 Å². The number of urea groups is 1. The van der Waals surface area contributed by atoms with Crippen molar-refractivity contribution in [1.82, 2.24) is 20.3 Å². The first-order valence-corrected chi connectivity index (χ1v) is 10.9. The lowest BCUT2D eigenvalue weighted by atomic mass is 9.99. The van der Waals surface area contributed by atoms with Crippen molar-refractivity contribution in [1.29, 1.82) is 0 Å². The van der Waals surface area contributed by atoms with E-state index in [2.05, 4.69) is 20.7 Å². The first kappa shape index (κ1) is 19.9. The number of carbonyl (C=O) groups excluding carboxylic acids is 1. The topological polar surface area (TPSA) is 104 Å². The smallest absolute Gasteiger partial charge is 0.322 e. The molecule has 33 heavy (non-hydrogen) atoms. The average Bonchev–Trinajstić information content (AvgIpc) is 3.39. The minimum atomic E-state index is -0.604. The SMILES string of the molecule is O=C(Nc1cc(Cl)c(-c2ccc3cnoc3c2)cc1F)N1[C@H]2CC[C@@H]1c1n[nH]c(=O)cc1C2. The van der Waals surface area contributed by atoms with Crippen molar-refractivity contribution < 1.29 is 13.7 Å². The number of H-pyrrole nitrogens is 1. The standard InChI is InChI=1S/C23H17ClFN5O3/c24-16-9-18(17(25)8-15(16)11-1-2-12-10-26-33-20(12)6-11)27-23(32)30-14-3-4-19(30)22-13(5-14)7-21(31)28-29-22/h1-2,6-10,14,19H,3-5H2,(H,27,32)(H,28,31)/t14-,19+/m0/s1. The van der Waals surface area contributed by atoms with Crippen LogP contribution in [0.1, 0.15) is 30.1 Å². The normalized spacial score (nSPS) is 19.0. The quantitative estimate of drug-likeness (QED) is 0.448. The third-order valence-corrected chi connectivity index (χ3v) is 6.71. The first-order valence-electron chi connectivity index (χ1n) is 10.5. The van der Waals surface area contributed by atoms with Crippen LogP contribution in [0.5, 0.6) is 0 Å². The van der Waals surface area contributed by atoms with E-state index < -0.39 is 11.8 Å². The van der Waals surface area contributed by atoms with Crippen molar-refractivity contribution in [2.45, 2.75) is 31.3 Å². The van der Waals surface area contributed by atoms with Gasteiger partial charge in [0.2, 0.25) is 0 Å². The second-order valence-corrected chi connectivity index (χ2v) is 8.73. The number of carbonyl (C=O) groups is 1. The van der Waals surface area contributed by atoms with Crippen LogP contribution in [-0.2, 0) is 6.42 Å². The molecular weight excluding hydrogens is 449 g/mol. The van der Waals surface area contributed by atoms with Crippen molar-refractivity contribution in [3.63, 3.8) is 0 Å². The number of nitrogens with zero attached hydrogens (tertiary/aromatic N) is 3. The van der Waals surface area contributed by atoms with Gasteiger partial charge >= 0.3 is 6.03 Å². The summed E-state index contributed by atoms with van der Waals surface area (Å²) in [6.07, 6.45) is 3.66. The van der Waals surface area contributed by atoms with Crippen LogP contribution in [0.2, 0.25) is 5.02 Å². The molecular formula is C23H17ClFN5O3. The molecule has 10 heteroatoms. The van der Waals surface area contributed by atoms with Crippen molar-refractivity contribution in [2.24, 2.45) is 0 Å². The van der Waals surface area contributed by atoms with Crippen LogP contribution >= 0.6 is 11.6 Å². The number of halogens is 2. The van der Waals surface area contributed by atoms with E-state index in [-0.39, 0.29) is 28.4 Å². The summed E-state index contributed by atoms with van der Waals surface area (Å²) in [7, 11) is 0. The fraction of sp³-hybridized carbons (Fsp3) is 0.217. The van der Waals surface area contributed by atoms with Gasteiger partial charge in [0, 0.05) is 23.1 Å². The summed E-state index contributed by atoms with van der Waals surface area (Å²) in [5.41, 5.74) is 3.00. The van der Waals surface area contributed by atoms with Crippen LogP contribution in [0.25, 0.3) is 22.1 Å². The second-order valence-electron chi connectivity index (χ2n) is 8.32. The molecule has 166 valence electrons. The Kier molecular flexibility index (Phi) is 4.48. The maximum absolute atomic E-state index is 15.0. The lowest BCUT2D eigenvalue weighted by molar-refractivity contribution is 0.177. The van der Waals surface area contributed by atoms with Gasteiger partial charge in [-0.2, -0.15) is 5.10 Å². The molecule has 1 saturated heterocycles. The molecule has 0 radical (unpaired) electrons. The first-order chi connectivity index (χ1) is 16.0. The Morgan fingerprint density at radius 1 is 1.24 bits per heavy atom. The van der Waals surface area contributed by atoms with Gasteiger partial charge in [0.25, 0.3) is 5.56 Å². The Hall–Kier alpha value is -3.72. The summed E-state index contributed by atoms with van der Waals surface area (Å²) in [6.45, 7) is 0. The zero-order chi connectivity index (χ0) is 22.7. The van der Waals surface area contributed by atoms with Gasteiger partial charge in [-0.3, -0.25) is 4.79 Å². The van der Waals surface area contributed by atoms with E-state index >= 15 is 4.39 Å². The molecule has 2 atom stereocenters. The number of nitrogens with one attached hydrogen (secondary N) is 2. The predicted molar refractivity (Wildman–Crippen MR) is 120 cm³/mol. The number of anilines is 1. The number of benzene rings is 2. The minimum Gasteiger partial charge on any atom is -0.356 e. The number of hydrogen-bond donors (Lipinski definition) is 2. The van der Waals surface area contributed by atoms with Crippen LogP contribution in [0.15, 0.2) is 51.9 Å². The van der Waals surface area contributed by atoms with E-state index in [1.807, 2.05) is 6.07 Å².